The van der Waals surface area contributed by atoms with E-state index in [1.54, 1.807) is 18.2 Å². The van der Waals surface area contributed by atoms with E-state index in [0.29, 0.717) is 23.2 Å². The van der Waals surface area contributed by atoms with Crippen LogP contribution >= 0.6 is 23.8 Å². The van der Waals surface area contributed by atoms with Gasteiger partial charge in [0.15, 0.2) is 0 Å². The quantitative estimate of drug-likeness (QED) is 0.874. The summed E-state index contributed by atoms with van der Waals surface area (Å²) in [5, 5.41) is 0.681. The van der Waals surface area contributed by atoms with E-state index in [1.807, 2.05) is 24.3 Å². The van der Waals surface area contributed by atoms with Crippen LogP contribution in [0.15, 0.2) is 42.5 Å². The van der Waals surface area contributed by atoms with Gasteiger partial charge in [-0.15, -0.1) is 0 Å². The van der Waals surface area contributed by atoms with Crippen molar-refractivity contribution in [3.8, 4) is 5.88 Å². The SMILES string of the molecule is NC(=S)c1cccc(OCc2cccc(Cl)c2)n1. The van der Waals surface area contributed by atoms with Crippen molar-refractivity contribution in [2.24, 2.45) is 5.73 Å². The lowest BCUT2D eigenvalue weighted by molar-refractivity contribution is 0.294. The summed E-state index contributed by atoms with van der Waals surface area (Å²) < 4.78 is 5.55. The molecule has 18 heavy (non-hydrogen) atoms. The molecule has 0 saturated heterocycles. The number of nitrogens with two attached hydrogens (primary N) is 1. The predicted octanol–water partition coefficient (Wildman–Crippen LogP) is 2.95. The second kappa shape index (κ2) is 5.80. The number of thiocarbonyl (C=S) groups is 1. The van der Waals surface area contributed by atoms with Crippen molar-refractivity contribution in [1.29, 1.82) is 0 Å². The zero-order chi connectivity index (χ0) is 13.0. The molecule has 0 spiro atoms. The molecule has 2 aromatic rings. The van der Waals surface area contributed by atoms with Crippen LogP contribution < -0.4 is 10.5 Å². The summed E-state index contributed by atoms with van der Waals surface area (Å²) in [6, 6.07) is 12.8. The summed E-state index contributed by atoms with van der Waals surface area (Å²) in [7, 11) is 0. The Morgan fingerprint density at radius 1 is 1.28 bits per heavy atom. The topological polar surface area (TPSA) is 48.1 Å². The lowest BCUT2D eigenvalue weighted by atomic mass is 10.2. The van der Waals surface area contributed by atoms with Crippen molar-refractivity contribution >= 4 is 28.8 Å². The summed E-state index contributed by atoms with van der Waals surface area (Å²) in [6.45, 7) is 0.397. The lowest BCUT2D eigenvalue weighted by Gasteiger charge is -2.06. The third-order valence-electron chi connectivity index (χ3n) is 2.25. The van der Waals surface area contributed by atoms with Gasteiger partial charge in [-0.05, 0) is 23.8 Å². The second-order valence-electron chi connectivity index (χ2n) is 3.64. The van der Waals surface area contributed by atoms with Crippen LogP contribution in [0.1, 0.15) is 11.3 Å². The van der Waals surface area contributed by atoms with Crippen LogP contribution in [0.2, 0.25) is 5.02 Å². The minimum Gasteiger partial charge on any atom is -0.473 e. The summed E-state index contributed by atoms with van der Waals surface area (Å²) in [4.78, 5) is 4.44. The zero-order valence-corrected chi connectivity index (χ0v) is 11.0. The van der Waals surface area contributed by atoms with Gasteiger partial charge in [-0.1, -0.05) is 42.0 Å². The molecule has 1 aromatic carbocycles. The maximum atomic E-state index is 5.89. The van der Waals surface area contributed by atoms with E-state index < -0.39 is 0 Å². The highest BCUT2D eigenvalue weighted by Crippen LogP contribution is 2.14. The van der Waals surface area contributed by atoms with E-state index in [-0.39, 0.29) is 4.99 Å². The molecule has 3 nitrogen and oxygen atoms in total. The van der Waals surface area contributed by atoms with Gasteiger partial charge in [-0.2, -0.15) is 0 Å². The van der Waals surface area contributed by atoms with Gasteiger partial charge >= 0.3 is 0 Å². The van der Waals surface area contributed by atoms with Crippen LogP contribution in [0.3, 0.4) is 0 Å². The number of nitrogens with zero attached hydrogens (tertiary/aromatic N) is 1. The Morgan fingerprint density at radius 2 is 2.06 bits per heavy atom. The van der Waals surface area contributed by atoms with Gasteiger partial charge in [-0.25, -0.2) is 4.98 Å². The molecule has 0 unspecified atom stereocenters. The molecule has 1 aromatic heterocycles. The fraction of sp³-hybridized carbons (Fsp3) is 0.0769. The third kappa shape index (κ3) is 3.42. The van der Waals surface area contributed by atoms with Crippen molar-refractivity contribution in [3.63, 3.8) is 0 Å². The van der Waals surface area contributed by atoms with E-state index in [2.05, 4.69) is 4.98 Å². The number of hydrogen-bond donors (Lipinski definition) is 1. The fourth-order valence-electron chi connectivity index (χ4n) is 1.42. The molecule has 92 valence electrons. The number of ether oxygens (including phenoxy) is 1. The van der Waals surface area contributed by atoms with Crippen molar-refractivity contribution in [2.45, 2.75) is 6.61 Å². The first-order chi connectivity index (χ1) is 8.65. The average molecular weight is 279 g/mol. The van der Waals surface area contributed by atoms with Crippen LogP contribution in [-0.2, 0) is 6.61 Å². The number of pyridine rings is 1. The minimum absolute atomic E-state index is 0.253. The normalized spacial score (nSPS) is 10.1. The van der Waals surface area contributed by atoms with Crippen LogP contribution in [-0.4, -0.2) is 9.97 Å². The van der Waals surface area contributed by atoms with E-state index >= 15 is 0 Å². The van der Waals surface area contributed by atoms with Crippen molar-refractivity contribution in [3.05, 3.63) is 58.7 Å². The summed E-state index contributed by atoms with van der Waals surface area (Å²) in [5.74, 6) is 0.486. The van der Waals surface area contributed by atoms with Crippen molar-refractivity contribution in [1.82, 2.24) is 4.98 Å². The largest absolute Gasteiger partial charge is 0.473 e. The van der Waals surface area contributed by atoms with Crippen molar-refractivity contribution in [2.75, 3.05) is 0 Å². The molecule has 2 N–H and O–H groups in total. The number of benzene rings is 1. The van der Waals surface area contributed by atoms with Gasteiger partial charge in [0.2, 0.25) is 5.88 Å². The predicted molar refractivity (Wildman–Crippen MR) is 75.9 cm³/mol. The standard InChI is InChI=1S/C13H11ClN2OS/c14-10-4-1-3-9(7-10)8-17-12-6-2-5-11(16-12)13(15)18/h1-7H,8H2,(H2,15,18). The van der Waals surface area contributed by atoms with Crippen LogP contribution in [0.25, 0.3) is 0 Å². The molecule has 0 aliphatic carbocycles. The van der Waals surface area contributed by atoms with Gasteiger partial charge in [0.25, 0.3) is 0 Å². The second-order valence-corrected chi connectivity index (χ2v) is 4.52. The Kier molecular flexibility index (Phi) is 4.12. The lowest BCUT2D eigenvalue weighted by Crippen LogP contribution is -2.11. The first-order valence-corrected chi connectivity index (χ1v) is 6.08. The van der Waals surface area contributed by atoms with Crippen LogP contribution in [0.4, 0.5) is 0 Å². The molecule has 0 bridgehead atoms. The maximum Gasteiger partial charge on any atom is 0.214 e. The first kappa shape index (κ1) is 12.8. The Morgan fingerprint density at radius 3 is 2.78 bits per heavy atom. The first-order valence-electron chi connectivity index (χ1n) is 5.29. The van der Waals surface area contributed by atoms with Gasteiger partial charge in [0.05, 0.1) is 0 Å². The molecule has 0 aliphatic rings. The molecule has 0 radical (unpaired) electrons. The van der Waals surface area contributed by atoms with Gasteiger partial charge in [0, 0.05) is 11.1 Å². The Labute approximate surface area is 116 Å². The molecule has 0 amide bonds. The van der Waals surface area contributed by atoms with Crippen LogP contribution in [0.5, 0.6) is 5.88 Å². The molecule has 0 saturated carbocycles. The Balaban J connectivity index is 2.06. The molecular formula is C13H11ClN2OS. The molecule has 0 atom stereocenters. The number of rotatable bonds is 4. The van der Waals surface area contributed by atoms with Crippen LogP contribution in [0, 0.1) is 0 Å². The van der Waals surface area contributed by atoms with Gasteiger partial charge < -0.3 is 10.5 Å². The molecule has 1 heterocycles. The van der Waals surface area contributed by atoms with E-state index in [0.717, 1.165) is 5.56 Å². The molecule has 5 heteroatoms. The Hall–Kier alpha value is -1.65. The number of halogens is 1. The summed E-state index contributed by atoms with van der Waals surface area (Å²) >= 11 is 10.7. The third-order valence-corrected chi connectivity index (χ3v) is 2.70. The maximum absolute atomic E-state index is 5.89. The highest BCUT2D eigenvalue weighted by atomic mass is 35.5. The molecule has 0 aliphatic heterocycles. The minimum atomic E-state index is 0.253. The van der Waals surface area contributed by atoms with Gasteiger partial charge in [-0.3, -0.25) is 0 Å². The fourth-order valence-corrected chi connectivity index (χ4v) is 1.74. The summed E-state index contributed by atoms with van der Waals surface area (Å²) in [5.41, 5.74) is 7.03. The van der Waals surface area contributed by atoms with Crippen molar-refractivity contribution < 1.29 is 4.74 Å². The molecular weight excluding hydrogens is 268 g/mol. The van der Waals surface area contributed by atoms with E-state index in [1.165, 1.54) is 0 Å². The molecule has 0 fully saturated rings. The highest BCUT2D eigenvalue weighted by molar-refractivity contribution is 7.80. The monoisotopic (exact) mass is 278 g/mol. The highest BCUT2D eigenvalue weighted by Gasteiger charge is 2.02. The van der Waals surface area contributed by atoms with Gasteiger partial charge in [0.1, 0.15) is 17.3 Å². The average Bonchev–Trinajstić information content (AvgIpc) is 2.37. The summed E-state index contributed by atoms with van der Waals surface area (Å²) in [6.07, 6.45) is 0. The van der Waals surface area contributed by atoms with E-state index in [4.69, 9.17) is 34.3 Å². The smallest absolute Gasteiger partial charge is 0.214 e. The van der Waals surface area contributed by atoms with E-state index in [9.17, 15) is 0 Å². The number of aromatic nitrogens is 1. The molecule has 2 rings (SSSR count). The zero-order valence-electron chi connectivity index (χ0n) is 9.47. The Bertz CT molecular complexity index is 574. The number of hydrogen-bond acceptors (Lipinski definition) is 3.